The monoisotopic (exact) mass is 465 g/mol. The van der Waals surface area contributed by atoms with Crippen molar-refractivity contribution in [1.29, 1.82) is 0 Å². The first-order valence-corrected chi connectivity index (χ1v) is 12.2. The van der Waals surface area contributed by atoms with Gasteiger partial charge in [0.2, 0.25) is 11.8 Å². The van der Waals surface area contributed by atoms with Crippen LogP contribution in [0.25, 0.3) is 0 Å². The number of halogens is 1. The van der Waals surface area contributed by atoms with Gasteiger partial charge in [0.1, 0.15) is 0 Å². The van der Waals surface area contributed by atoms with Gasteiger partial charge in [-0.1, -0.05) is 34.9 Å². The highest BCUT2D eigenvalue weighted by Crippen LogP contribution is 2.21. The molecule has 1 N–H and O–H groups in total. The van der Waals surface area contributed by atoms with Gasteiger partial charge in [-0.15, -0.1) is 16.9 Å². The lowest BCUT2D eigenvalue weighted by Gasteiger charge is -2.03. The Hall–Kier alpha value is -2.36. The SMILES string of the molecule is O=C(CCCSc1ccc(Cl)cc1)Nc1nnc(CCS(=O)(=O)c2ccccc2)o1. The van der Waals surface area contributed by atoms with Gasteiger partial charge in [-0.2, -0.15) is 0 Å². The van der Waals surface area contributed by atoms with Gasteiger partial charge in [-0.05, 0) is 48.6 Å². The number of aromatic nitrogens is 2. The summed E-state index contributed by atoms with van der Waals surface area (Å²) >= 11 is 7.49. The van der Waals surface area contributed by atoms with Gasteiger partial charge < -0.3 is 4.42 Å². The molecule has 7 nitrogen and oxygen atoms in total. The predicted octanol–water partition coefficient (Wildman–Crippen LogP) is 4.25. The molecule has 0 aliphatic rings. The number of thioether (sulfide) groups is 1. The minimum absolute atomic E-state index is 0.0301. The lowest BCUT2D eigenvalue weighted by molar-refractivity contribution is -0.116. The van der Waals surface area contributed by atoms with Crippen molar-refractivity contribution in [2.75, 3.05) is 16.8 Å². The standard InChI is InChI=1S/C20H20ClN3O4S2/c21-15-8-10-16(11-9-15)29-13-4-7-18(25)22-20-24-23-19(28-20)12-14-30(26,27)17-5-2-1-3-6-17/h1-3,5-6,8-11H,4,7,12-14H2,(H,22,24,25). The molecule has 2 aromatic carbocycles. The second kappa shape index (κ2) is 10.6. The van der Waals surface area contributed by atoms with E-state index in [-0.39, 0.29) is 34.9 Å². The van der Waals surface area contributed by atoms with E-state index >= 15 is 0 Å². The van der Waals surface area contributed by atoms with Gasteiger partial charge in [0.05, 0.1) is 10.6 Å². The fraction of sp³-hybridized carbons (Fsp3) is 0.250. The molecule has 1 aromatic heterocycles. The van der Waals surface area contributed by atoms with E-state index in [0.717, 1.165) is 10.6 Å². The van der Waals surface area contributed by atoms with E-state index in [2.05, 4.69) is 15.5 Å². The molecule has 3 aromatic rings. The molecule has 0 aliphatic heterocycles. The lowest BCUT2D eigenvalue weighted by atomic mass is 10.3. The lowest BCUT2D eigenvalue weighted by Crippen LogP contribution is -2.11. The number of benzene rings is 2. The fourth-order valence-corrected chi connectivity index (χ4v) is 4.74. The van der Waals surface area contributed by atoms with Crippen LogP contribution in [0.3, 0.4) is 0 Å². The van der Waals surface area contributed by atoms with Gasteiger partial charge in [0.25, 0.3) is 0 Å². The van der Waals surface area contributed by atoms with E-state index < -0.39 is 9.84 Å². The van der Waals surface area contributed by atoms with Crippen molar-refractivity contribution in [2.24, 2.45) is 0 Å². The summed E-state index contributed by atoms with van der Waals surface area (Å²) < 4.78 is 29.9. The van der Waals surface area contributed by atoms with Crippen LogP contribution >= 0.6 is 23.4 Å². The molecular formula is C20H20ClN3O4S2. The molecule has 1 heterocycles. The number of sulfone groups is 1. The second-order valence-electron chi connectivity index (χ2n) is 6.34. The summed E-state index contributed by atoms with van der Waals surface area (Å²) in [5, 5.41) is 10.8. The van der Waals surface area contributed by atoms with Gasteiger partial charge >= 0.3 is 6.01 Å². The maximum atomic E-state index is 12.3. The van der Waals surface area contributed by atoms with E-state index in [0.29, 0.717) is 17.9 Å². The topological polar surface area (TPSA) is 102 Å². The summed E-state index contributed by atoms with van der Waals surface area (Å²) in [6.45, 7) is 0. The number of aryl methyl sites for hydroxylation is 1. The molecule has 0 saturated carbocycles. The van der Waals surface area contributed by atoms with Gasteiger partial charge in [-0.25, -0.2) is 8.42 Å². The van der Waals surface area contributed by atoms with Crippen LogP contribution in [-0.2, 0) is 21.1 Å². The molecule has 0 atom stereocenters. The summed E-state index contributed by atoms with van der Waals surface area (Å²) in [6, 6.07) is 15.7. The first kappa shape index (κ1) is 22.3. The quantitative estimate of drug-likeness (QED) is 0.352. The van der Waals surface area contributed by atoms with Crippen LogP contribution < -0.4 is 5.32 Å². The molecule has 3 rings (SSSR count). The van der Waals surface area contributed by atoms with Crippen LogP contribution in [0, 0.1) is 0 Å². The summed E-state index contributed by atoms with van der Waals surface area (Å²) in [6.07, 6.45) is 1.05. The number of hydrogen-bond acceptors (Lipinski definition) is 7. The molecule has 0 unspecified atom stereocenters. The van der Waals surface area contributed by atoms with E-state index in [9.17, 15) is 13.2 Å². The van der Waals surface area contributed by atoms with Gasteiger partial charge in [0.15, 0.2) is 9.84 Å². The Morgan fingerprint density at radius 3 is 2.53 bits per heavy atom. The first-order chi connectivity index (χ1) is 14.4. The van der Waals surface area contributed by atoms with Gasteiger partial charge in [-0.3, -0.25) is 10.1 Å². The molecule has 0 radical (unpaired) electrons. The molecule has 0 saturated heterocycles. The van der Waals surface area contributed by atoms with Gasteiger partial charge in [0, 0.05) is 22.8 Å². The zero-order valence-corrected chi connectivity index (χ0v) is 18.3. The van der Waals surface area contributed by atoms with Crippen LogP contribution in [0.4, 0.5) is 6.01 Å². The Morgan fingerprint density at radius 1 is 1.07 bits per heavy atom. The van der Waals surface area contributed by atoms with E-state index in [1.165, 1.54) is 0 Å². The van der Waals surface area contributed by atoms with Crippen LogP contribution in [0.5, 0.6) is 0 Å². The highest BCUT2D eigenvalue weighted by Gasteiger charge is 2.17. The van der Waals surface area contributed by atoms with Crippen molar-refractivity contribution in [3.05, 3.63) is 65.5 Å². The van der Waals surface area contributed by atoms with Crippen LogP contribution in [0.15, 0.2) is 68.8 Å². The van der Waals surface area contributed by atoms with Crippen LogP contribution in [0.1, 0.15) is 18.7 Å². The number of carbonyl (C=O) groups is 1. The van der Waals surface area contributed by atoms with E-state index in [4.69, 9.17) is 16.0 Å². The van der Waals surface area contributed by atoms with E-state index in [1.54, 1.807) is 42.1 Å². The number of anilines is 1. The highest BCUT2D eigenvalue weighted by molar-refractivity contribution is 7.99. The maximum Gasteiger partial charge on any atom is 0.322 e. The van der Waals surface area contributed by atoms with Crippen LogP contribution in [0.2, 0.25) is 5.02 Å². The average molecular weight is 466 g/mol. The molecule has 0 bridgehead atoms. The fourth-order valence-electron chi connectivity index (χ4n) is 2.51. The zero-order chi connectivity index (χ0) is 21.4. The number of rotatable bonds is 10. The zero-order valence-electron chi connectivity index (χ0n) is 16.0. The Labute approximate surface area is 184 Å². The smallest absolute Gasteiger partial charge is 0.322 e. The second-order valence-corrected chi connectivity index (χ2v) is 10.1. The Kier molecular flexibility index (Phi) is 7.89. The van der Waals surface area contributed by atoms with Crippen molar-refractivity contribution in [2.45, 2.75) is 29.1 Å². The normalized spacial score (nSPS) is 11.4. The molecule has 1 amide bonds. The largest absolute Gasteiger partial charge is 0.408 e. The third-order valence-electron chi connectivity index (χ3n) is 4.03. The molecular weight excluding hydrogens is 446 g/mol. The van der Waals surface area contributed by atoms with E-state index in [1.807, 2.05) is 24.3 Å². The number of hydrogen-bond donors (Lipinski definition) is 1. The maximum absolute atomic E-state index is 12.3. The number of carbonyl (C=O) groups excluding carboxylic acids is 1. The predicted molar refractivity (Wildman–Crippen MR) is 117 cm³/mol. The minimum atomic E-state index is -3.44. The molecule has 158 valence electrons. The van der Waals surface area contributed by atoms with Crippen molar-refractivity contribution >= 4 is 45.1 Å². The third-order valence-corrected chi connectivity index (χ3v) is 7.11. The molecule has 0 fully saturated rings. The highest BCUT2D eigenvalue weighted by atomic mass is 35.5. The average Bonchev–Trinajstić information content (AvgIpc) is 3.19. The Balaban J connectivity index is 1.40. The number of amides is 1. The van der Waals surface area contributed by atoms with Crippen molar-refractivity contribution in [3.63, 3.8) is 0 Å². The summed E-state index contributed by atoms with van der Waals surface area (Å²) in [5.74, 6) is 0.539. The summed E-state index contributed by atoms with van der Waals surface area (Å²) in [7, 11) is -3.44. The Morgan fingerprint density at radius 2 is 1.80 bits per heavy atom. The summed E-state index contributed by atoms with van der Waals surface area (Å²) in [5.41, 5.74) is 0. The van der Waals surface area contributed by atoms with Crippen molar-refractivity contribution in [3.8, 4) is 0 Å². The Bertz CT molecular complexity index is 1070. The molecule has 0 aliphatic carbocycles. The third kappa shape index (κ3) is 6.86. The minimum Gasteiger partial charge on any atom is -0.408 e. The van der Waals surface area contributed by atoms with Crippen molar-refractivity contribution in [1.82, 2.24) is 10.2 Å². The summed E-state index contributed by atoms with van der Waals surface area (Å²) in [4.78, 5) is 13.4. The van der Waals surface area contributed by atoms with Crippen LogP contribution in [-0.4, -0.2) is 36.0 Å². The number of nitrogens with zero attached hydrogens (tertiary/aromatic N) is 2. The number of nitrogens with one attached hydrogen (secondary N) is 1. The first-order valence-electron chi connectivity index (χ1n) is 9.21. The molecule has 0 spiro atoms. The molecule has 30 heavy (non-hydrogen) atoms. The molecule has 10 heteroatoms. The van der Waals surface area contributed by atoms with Crippen molar-refractivity contribution < 1.29 is 17.6 Å².